The van der Waals surface area contributed by atoms with Gasteiger partial charge in [-0.2, -0.15) is 0 Å². The molecule has 2 heterocycles. The first-order valence-corrected chi connectivity index (χ1v) is 10.8. The number of nitrogens with one attached hydrogen (secondary N) is 2. The minimum absolute atomic E-state index is 0.0503. The second-order valence-corrected chi connectivity index (χ2v) is 8.15. The molecule has 1 aliphatic rings. The highest BCUT2D eigenvalue weighted by atomic mass is 16.1. The molecule has 4 nitrogen and oxygen atoms in total. The molecule has 1 unspecified atom stereocenters. The van der Waals surface area contributed by atoms with Crippen LogP contribution >= 0.6 is 0 Å². The lowest BCUT2D eigenvalue weighted by atomic mass is 9.87. The number of hydrogen-bond acceptors (Lipinski definition) is 2. The summed E-state index contributed by atoms with van der Waals surface area (Å²) in [7, 11) is 0. The fourth-order valence-electron chi connectivity index (χ4n) is 4.55. The van der Waals surface area contributed by atoms with E-state index in [0.717, 1.165) is 32.5 Å². The summed E-state index contributed by atoms with van der Waals surface area (Å²) in [4.78, 5) is 13.0. The van der Waals surface area contributed by atoms with E-state index in [2.05, 4.69) is 83.8 Å². The zero-order valence-electron chi connectivity index (χ0n) is 17.4. The van der Waals surface area contributed by atoms with Gasteiger partial charge in [-0.05, 0) is 57.0 Å². The maximum atomic E-state index is 13.0. The van der Waals surface area contributed by atoms with Crippen molar-refractivity contribution in [2.45, 2.75) is 51.6 Å². The van der Waals surface area contributed by atoms with Crippen molar-refractivity contribution in [2.24, 2.45) is 0 Å². The summed E-state index contributed by atoms with van der Waals surface area (Å²) in [6, 6.07) is 17.4. The van der Waals surface area contributed by atoms with Crippen molar-refractivity contribution in [1.82, 2.24) is 15.2 Å². The van der Waals surface area contributed by atoms with Crippen molar-refractivity contribution in [2.75, 3.05) is 13.1 Å². The van der Waals surface area contributed by atoms with Gasteiger partial charge in [0.15, 0.2) is 0 Å². The van der Waals surface area contributed by atoms with Crippen molar-refractivity contribution < 1.29 is 4.79 Å². The summed E-state index contributed by atoms with van der Waals surface area (Å²) in [6.45, 7) is 7.17. The van der Waals surface area contributed by atoms with Crippen LogP contribution in [-0.2, 0) is 11.3 Å². The minimum Gasteiger partial charge on any atom is -0.353 e. The second kappa shape index (κ2) is 8.83. The maximum Gasteiger partial charge on any atom is 0.221 e. The molecule has 0 aliphatic carbocycles. The third-order valence-corrected chi connectivity index (χ3v) is 6.07. The van der Waals surface area contributed by atoms with Crippen LogP contribution in [0.4, 0.5) is 0 Å². The standard InChI is InChI=1S/C25H31N3O/c1-3-28-17-23(21-9-4-5-10-24(21)28)22(19-8-6-7-18(2)15-19)16-25(29)27-20-11-13-26-14-12-20/h4-10,15,17,20,22,26H,3,11-14,16H2,1-2H3,(H,27,29). The van der Waals surface area contributed by atoms with E-state index in [9.17, 15) is 4.79 Å². The monoisotopic (exact) mass is 389 g/mol. The molecular weight excluding hydrogens is 358 g/mol. The van der Waals surface area contributed by atoms with Gasteiger partial charge in [0.05, 0.1) is 0 Å². The van der Waals surface area contributed by atoms with Crippen LogP contribution in [0.15, 0.2) is 54.7 Å². The lowest BCUT2D eigenvalue weighted by Gasteiger charge is -2.25. The van der Waals surface area contributed by atoms with E-state index in [-0.39, 0.29) is 11.8 Å². The topological polar surface area (TPSA) is 46.1 Å². The summed E-state index contributed by atoms with van der Waals surface area (Å²) in [6.07, 6.45) is 4.74. The van der Waals surface area contributed by atoms with Crippen LogP contribution in [0.2, 0.25) is 0 Å². The molecule has 1 aromatic heterocycles. The van der Waals surface area contributed by atoms with Gasteiger partial charge in [0.2, 0.25) is 5.91 Å². The van der Waals surface area contributed by atoms with Gasteiger partial charge in [-0.1, -0.05) is 48.0 Å². The number of para-hydroxylation sites is 1. The molecule has 1 amide bonds. The molecule has 0 radical (unpaired) electrons. The van der Waals surface area contributed by atoms with Crippen molar-refractivity contribution in [3.05, 3.63) is 71.4 Å². The highest BCUT2D eigenvalue weighted by Crippen LogP contribution is 2.35. The molecule has 4 heteroatoms. The highest BCUT2D eigenvalue weighted by Gasteiger charge is 2.24. The molecule has 1 aliphatic heterocycles. The molecule has 1 fully saturated rings. The Balaban J connectivity index is 1.69. The Hall–Kier alpha value is -2.59. The average Bonchev–Trinajstić information content (AvgIpc) is 3.11. The van der Waals surface area contributed by atoms with E-state index in [1.807, 2.05) is 0 Å². The van der Waals surface area contributed by atoms with Crippen molar-refractivity contribution in [1.29, 1.82) is 0 Å². The highest BCUT2D eigenvalue weighted by molar-refractivity contribution is 5.86. The summed E-state index contributed by atoms with van der Waals surface area (Å²) in [5.41, 5.74) is 4.92. The third kappa shape index (κ3) is 4.38. The number of rotatable bonds is 6. The zero-order chi connectivity index (χ0) is 20.2. The molecular formula is C25H31N3O. The van der Waals surface area contributed by atoms with E-state index in [1.54, 1.807) is 0 Å². The number of fused-ring (bicyclic) bond motifs is 1. The molecule has 2 N–H and O–H groups in total. The number of carbonyl (C=O) groups excluding carboxylic acids is 1. The number of aryl methyl sites for hydroxylation is 2. The van der Waals surface area contributed by atoms with E-state index >= 15 is 0 Å². The summed E-state index contributed by atoms with van der Waals surface area (Å²) in [5.74, 6) is 0.200. The van der Waals surface area contributed by atoms with Crippen molar-refractivity contribution in [3.8, 4) is 0 Å². The fraction of sp³-hybridized carbons (Fsp3) is 0.400. The third-order valence-electron chi connectivity index (χ3n) is 6.07. The van der Waals surface area contributed by atoms with Crippen LogP contribution in [0.25, 0.3) is 10.9 Å². The minimum atomic E-state index is 0.0503. The summed E-state index contributed by atoms with van der Waals surface area (Å²) < 4.78 is 2.29. The molecule has 1 saturated heterocycles. The van der Waals surface area contributed by atoms with Gasteiger partial charge >= 0.3 is 0 Å². The van der Waals surface area contributed by atoms with Gasteiger partial charge in [0.25, 0.3) is 0 Å². The van der Waals surface area contributed by atoms with Crippen molar-refractivity contribution in [3.63, 3.8) is 0 Å². The zero-order valence-corrected chi connectivity index (χ0v) is 17.4. The van der Waals surface area contributed by atoms with E-state index in [0.29, 0.717) is 12.5 Å². The molecule has 3 aromatic rings. The Morgan fingerprint density at radius 3 is 2.72 bits per heavy atom. The smallest absolute Gasteiger partial charge is 0.221 e. The maximum absolute atomic E-state index is 13.0. The van der Waals surface area contributed by atoms with Crippen LogP contribution in [0.3, 0.4) is 0 Å². The van der Waals surface area contributed by atoms with Gasteiger partial charge in [0.1, 0.15) is 0 Å². The molecule has 1 atom stereocenters. The molecule has 2 aromatic carbocycles. The first kappa shape index (κ1) is 19.7. The van der Waals surface area contributed by atoms with Gasteiger partial charge in [0, 0.05) is 42.0 Å². The largest absolute Gasteiger partial charge is 0.353 e. The second-order valence-electron chi connectivity index (χ2n) is 8.15. The molecule has 29 heavy (non-hydrogen) atoms. The van der Waals surface area contributed by atoms with E-state index in [1.165, 1.54) is 27.6 Å². The predicted octanol–water partition coefficient (Wildman–Crippen LogP) is 4.36. The van der Waals surface area contributed by atoms with E-state index in [4.69, 9.17) is 0 Å². The lowest BCUT2D eigenvalue weighted by molar-refractivity contribution is -0.122. The number of nitrogens with zero attached hydrogens (tertiary/aromatic N) is 1. The Labute approximate surface area is 173 Å². The van der Waals surface area contributed by atoms with E-state index < -0.39 is 0 Å². The van der Waals surface area contributed by atoms with Crippen LogP contribution in [0.1, 0.15) is 48.8 Å². The Morgan fingerprint density at radius 1 is 1.17 bits per heavy atom. The number of amides is 1. The van der Waals surface area contributed by atoms with Crippen LogP contribution < -0.4 is 10.6 Å². The number of benzene rings is 2. The first-order chi connectivity index (χ1) is 14.2. The first-order valence-electron chi connectivity index (χ1n) is 10.8. The van der Waals surface area contributed by atoms with Gasteiger partial charge in [-0.25, -0.2) is 0 Å². The van der Waals surface area contributed by atoms with Gasteiger partial charge < -0.3 is 15.2 Å². The molecule has 0 bridgehead atoms. The van der Waals surface area contributed by atoms with Gasteiger partial charge in [-0.3, -0.25) is 4.79 Å². The lowest BCUT2D eigenvalue weighted by Crippen LogP contribution is -2.43. The number of carbonyl (C=O) groups is 1. The average molecular weight is 390 g/mol. The quantitative estimate of drug-likeness (QED) is 0.658. The Morgan fingerprint density at radius 2 is 1.97 bits per heavy atom. The Kier molecular flexibility index (Phi) is 6.00. The molecule has 0 spiro atoms. The predicted molar refractivity (Wildman–Crippen MR) is 119 cm³/mol. The summed E-state index contributed by atoms with van der Waals surface area (Å²) in [5, 5.41) is 7.89. The number of hydrogen-bond donors (Lipinski definition) is 2. The number of piperidine rings is 1. The number of aromatic nitrogens is 1. The van der Waals surface area contributed by atoms with Crippen LogP contribution in [-0.4, -0.2) is 29.6 Å². The normalized spacial score (nSPS) is 16.1. The Bertz CT molecular complexity index is 985. The summed E-state index contributed by atoms with van der Waals surface area (Å²) >= 11 is 0. The SMILES string of the molecule is CCn1cc(C(CC(=O)NC2CCNCC2)c2cccc(C)c2)c2ccccc21. The van der Waals surface area contributed by atoms with Crippen LogP contribution in [0.5, 0.6) is 0 Å². The molecule has 0 saturated carbocycles. The van der Waals surface area contributed by atoms with Crippen LogP contribution in [0, 0.1) is 6.92 Å². The molecule has 152 valence electrons. The molecule has 4 rings (SSSR count). The van der Waals surface area contributed by atoms with Gasteiger partial charge in [-0.15, -0.1) is 0 Å². The van der Waals surface area contributed by atoms with Crippen molar-refractivity contribution >= 4 is 16.8 Å². The fourth-order valence-corrected chi connectivity index (χ4v) is 4.55.